The predicted octanol–water partition coefficient (Wildman–Crippen LogP) is 2.07. The average Bonchev–Trinajstić information content (AvgIpc) is 3.30. The van der Waals surface area contributed by atoms with Gasteiger partial charge < -0.3 is 10.1 Å². The Morgan fingerprint density at radius 2 is 1.82 bits per heavy atom. The molecule has 0 spiro atoms. The maximum atomic E-state index is 12.7. The van der Waals surface area contributed by atoms with E-state index >= 15 is 0 Å². The Morgan fingerprint density at radius 3 is 2.50 bits per heavy atom. The van der Waals surface area contributed by atoms with E-state index in [1.807, 2.05) is 30.3 Å². The molecule has 7 heteroatoms. The summed E-state index contributed by atoms with van der Waals surface area (Å²) < 4.78 is 7.14. The van der Waals surface area contributed by atoms with Crippen LogP contribution < -0.4 is 5.32 Å². The summed E-state index contributed by atoms with van der Waals surface area (Å²) in [6.07, 6.45) is 3.11. The molecule has 1 aliphatic heterocycles. The predicted molar refractivity (Wildman–Crippen MR) is 105 cm³/mol. The lowest BCUT2D eigenvalue weighted by molar-refractivity contribution is 0.0162. The molecular weight excluding hydrogens is 354 g/mol. The first kappa shape index (κ1) is 18.3. The van der Waals surface area contributed by atoms with E-state index in [0.717, 1.165) is 32.0 Å². The van der Waals surface area contributed by atoms with Crippen molar-refractivity contribution in [2.24, 2.45) is 0 Å². The van der Waals surface area contributed by atoms with Crippen molar-refractivity contribution in [2.45, 2.75) is 6.04 Å². The number of hydrogen-bond donors (Lipinski definition) is 1. The van der Waals surface area contributed by atoms with Crippen LogP contribution in [0.2, 0.25) is 0 Å². The summed E-state index contributed by atoms with van der Waals surface area (Å²) in [7, 11) is 0. The van der Waals surface area contributed by atoms with Gasteiger partial charge >= 0.3 is 0 Å². The second kappa shape index (κ2) is 8.77. The van der Waals surface area contributed by atoms with Crippen molar-refractivity contribution >= 4 is 5.91 Å². The molecule has 1 N–H and O–H groups in total. The minimum Gasteiger partial charge on any atom is -0.379 e. The van der Waals surface area contributed by atoms with E-state index in [2.05, 4.69) is 32.4 Å². The second-order valence-corrected chi connectivity index (χ2v) is 6.67. The summed E-state index contributed by atoms with van der Waals surface area (Å²) in [4.78, 5) is 19.0. The van der Waals surface area contributed by atoms with Gasteiger partial charge in [0.05, 0.1) is 24.9 Å². The van der Waals surface area contributed by atoms with Gasteiger partial charge in [-0.15, -0.1) is 0 Å². The normalized spacial score (nSPS) is 15.9. The van der Waals surface area contributed by atoms with Crippen LogP contribution in [0.15, 0.2) is 67.3 Å². The molecule has 1 fully saturated rings. The van der Waals surface area contributed by atoms with Crippen molar-refractivity contribution in [1.29, 1.82) is 0 Å². The number of benzene rings is 2. The summed E-state index contributed by atoms with van der Waals surface area (Å²) in [6.45, 7) is 3.72. The highest BCUT2D eigenvalue weighted by molar-refractivity contribution is 5.94. The summed E-state index contributed by atoms with van der Waals surface area (Å²) in [5, 5.41) is 7.19. The lowest BCUT2D eigenvalue weighted by Gasteiger charge is -2.35. The number of ether oxygens (including phenoxy) is 1. The minimum absolute atomic E-state index is 0.0840. The number of hydrogen-bond acceptors (Lipinski definition) is 5. The van der Waals surface area contributed by atoms with Crippen LogP contribution in [-0.2, 0) is 4.74 Å². The Bertz CT molecular complexity index is 875. The van der Waals surface area contributed by atoms with E-state index in [4.69, 9.17) is 4.74 Å². The highest BCUT2D eigenvalue weighted by Crippen LogP contribution is 2.21. The van der Waals surface area contributed by atoms with Gasteiger partial charge in [-0.2, -0.15) is 5.10 Å². The van der Waals surface area contributed by atoms with E-state index in [0.29, 0.717) is 12.1 Å². The molecule has 1 saturated heterocycles. The fourth-order valence-electron chi connectivity index (χ4n) is 3.42. The van der Waals surface area contributed by atoms with Crippen molar-refractivity contribution in [2.75, 3.05) is 32.8 Å². The molecule has 0 radical (unpaired) electrons. The van der Waals surface area contributed by atoms with Gasteiger partial charge in [-0.3, -0.25) is 9.69 Å². The van der Waals surface area contributed by atoms with E-state index in [1.165, 1.54) is 11.9 Å². The Kier molecular flexibility index (Phi) is 5.75. The van der Waals surface area contributed by atoms with Crippen LogP contribution in [0, 0.1) is 0 Å². The van der Waals surface area contributed by atoms with E-state index in [1.54, 1.807) is 23.1 Å². The van der Waals surface area contributed by atoms with Gasteiger partial charge in [0.15, 0.2) is 0 Å². The molecule has 0 aliphatic carbocycles. The monoisotopic (exact) mass is 377 g/mol. The quantitative estimate of drug-likeness (QED) is 0.712. The average molecular weight is 377 g/mol. The smallest absolute Gasteiger partial charge is 0.251 e. The number of carbonyl (C=O) groups is 1. The molecule has 7 nitrogen and oxygen atoms in total. The molecular formula is C21H23N5O2. The molecule has 1 atom stereocenters. The molecule has 3 aromatic rings. The highest BCUT2D eigenvalue weighted by Gasteiger charge is 2.23. The van der Waals surface area contributed by atoms with Crippen molar-refractivity contribution in [3.05, 3.63) is 78.4 Å². The summed E-state index contributed by atoms with van der Waals surface area (Å²) >= 11 is 0. The molecule has 4 rings (SSSR count). The molecule has 144 valence electrons. The Morgan fingerprint density at radius 1 is 1.07 bits per heavy atom. The fourth-order valence-corrected chi connectivity index (χ4v) is 3.42. The molecule has 0 saturated carbocycles. The molecule has 1 aromatic heterocycles. The number of nitrogens with one attached hydrogen (secondary N) is 1. The minimum atomic E-state index is -0.0840. The van der Waals surface area contributed by atoms with Crippen LogP contribution in [0.3, 0.4) is 0 Å². The third-order valence-electron chi connectivity index (χ3n) is 4.94. The van der Waals surface area contributed by atoms with E-state index in [9.17, 15) is 4.79 Å². The number of morpholine rings is 1. The second-order valence-electron chi connectivity index (χ2n) is 6.67. The number of rotatable bonds is 6. The molecule has 0 bridgehead atoms. The van der Waals surface area contributed by atoms with Crippen LogP contribution in [0.5, 0.6) is 0 Å². The van der Waals surface area contributed by atoms with Crippen LogP contribution in [0.25, 0.3) is 5.69 Å². The Labute approximate surface area is 164 Å². The van der Waals surface area contributed by atoms with Gasteiger partial charge in [0.25, 0.3) is 5.91 Å². The number of aromatic nitrogens is 3. The molecule has 2 aromatic carbocycles. The zero-order chi connectivity index (χ0) is 19.2. The highest BCUT2D eigenvalue weighted by atomic mass is 16.5. The third-order valence-corrected chi connectivity index (χ3v) is 4.94. The third kappa shape index (κ3) is 4.27. The molecule has 2 heterocycles. The maximum absolute atomic E-state index is 12.7. The summed E-state index contributed by atoms with van der Waals surface area (Å²) in [5.41, 5.74) is 2.69. The van der Waals surface area contributed by atoms with Crippen molar-refractivity contribution in [3.63, 3.8) is 0 Å². The van der Waals surface area contributed by atoms with Crippen molar-refractivity contribution < 1.29 is 9.53 Å². The number of nitrogens with zero attached hydrogens (tertiary/aromatic N) is 4. The van der Waals surface area contributed by atoms with Crippen LogP contribution in [0.1, 0.15) is 22.0 Å². The largest absolute Gasteiger partial charge is 0.379 e. The molecule has 1 amide bonds. The maximum Gasteiger partial charge on any atom is 0.251 e. The first-order valence-corrected chi connectivity index (χ1v) is 9.41. The van der Waals surface area contributed by atoms with E-state index in [-0.39, 0.29) is 11.9 Å². The first-order chi connectivity index (χ1) is 13.8. The van der Waals surface area contributed by atoms with Crippen molar-refractivity contribution in [3.8, 4) is 5.69 Å². The lowest BCUT2D eigenvalue weighted by Crippen LogP contribution is -2.43. The number of amides is 1. The molecule has 1 aliphatic rings. The number of carbonyl (C=O) groups excluding carboxylic acids is 1. The zero-order valence-corrected chi connectivity index (χ0v) is 15.6. The van der Waals surface area contributed by atoms with Gasteiger partial charge in [0, 0.05) is 25.2 Å². The molecule has 28 heavy (non-hydrogen) atoms. The summed E-state index contributed by atoms with van der Waals surface area (Å²) in [5.74, 6) is -0.0840. The zero-order valence-electron chi connectivity index (χ0n) is 15.6. The van der Waals surface area contributed by atoms with Gasteiger partial charge in [0.1, 0.15) is 12.7 Å². The topological polar surface area (TPSA) is 72.3 Å². The summed E-state index contributed by atoms with van der Waals surface area (Å²) in [6, 6.07) is 17.8. The fraction of sp³-hybridized carbons (Fsp3) is 0.286. The standard InChI is InChI=1S/C21H23N5O2/c27-21(18-6-8-19(9-7-18)26-16-22-15-24-26)23-14-20(17-4-2-1-3-5-17)25-10-12-28-13-11-25/h1-9,15-16,20H,10-14H2,(H,23,27). The van der Waals surface area contributed by atoms with Crippen LogP contribution in [-0.4, -0.2) is 58.4 Å². The molecule has 1 unspecified atom stereocenters. The van der Waals surface area contributed by atoms with Gasteiger partial charge in [-0.1, -0.05) is 30.3 Å². The van der Waals surface area contributed by atoms with Crippen LogP contribution >= 0.6 is 0 Å². The van der Waals surface area contributed by atoms with Gasteiger partial charge in [-0.25, -0.2) is 9.67 Å². The first-order valence-electron chi connectivity index (χ1n) is 9.41. The van der Waals surface area contributed by atoms with Crippen molar-refractivity contribution in [1.82, 2.24) is 25.0 Å². The SMILES string of the molecule is O=C(NCC(c1ccccc1)N1CCOCC1)c1ccc(-n2cncn2)cc1. The Hall–Kier alpha value is -3.03. The van der Waals surface area contributed by atoms with Gasteiger partial charge in [-0.05, 0) is 29.8 Å². The lowest BCUT2D eigenvalue weighted by atomic mass is 10.0. The van der Waals surface area contributed by atoms with E-state index < -0.39 is 0 Å². The van der Waals surface area contributed by atoms with Gasteiger partial charge in [0.2, 0.25) is 0 Å². The van der Waals surface area contributed by atoms with Crippen LogP contribution in [0.4, 0.5) is 0 Å². The Balaban J connectivity index is 1.43.